The molecular weight excluding hydrogens is 198 g/mol. The van der Waals surface area contributed by atoms with Crippen LogP contribution >= 0.6 is 11.3 Å². The average molecular weight is 213 g/mol. The van der Waals surface area contributed by atoms with Gasteiger partial charge in [-0.2, -0.15) is 0 Å². The van der Waals surface area contributed by atoms with E-state index in [2.05, 4.69) is 20.4 Å². The van der Waals surface area contributed by atoms with Gasteiger partial charge in [-0.1, -0.05) is 11.3 Å². The summed E-state index contributed by atoms with van der Waals surface area (Å²) in [4.78, 5) is 2.44. The standard InChI is InChI=1S/C8H15N5S/c9-8-12-11-7(14-8)1-4-13-5-2-10-3-6-13/h10H,1-6H2,(H2,9,12). The molecule has 0 atom stereocenters. The Hall–Kier alpha value is -0.720. The number of hydrogen-bond acceptors (Lipinski definition) is 6. The molecule has 1 aliphatic heterocycles. The number of rotatable bonds is 3. The third-order valence-corrected chi connectivity index (χ3v) is 3.15. The minimum atomic E-state index is 0.570. The SMILES string of the molecule is Nc1nnc(CCN2CCNCC2)s1. The van der Waals surface area contributed by atoms with E-state index in [9.17, 15) is 0 Å². The molecule has 14 heavy (non-hydrogen) atoms. The van der Waals surface area contributed by atoms with Gasteiger partial charge in [-0.25, -0.2) is 0 Å². The molecule has 0 amide bonds. The van der Waals surface area contributed by atoms with E-state index in [1.165, 1.54) is 11.3 Å². The van der Waals surface area contributed by atoms with Crippen LogP contribution in [0.2, 0.25) is 0 Å². The first-order chi connectivity index (χ1) is 6.84. The number of nitrogen functional groups attached to an aromatic ring is 1. The van der Waals surface area contributed by atoms with Gasteiger partial charge in [0.25, 0.3) is 0 Å². The minimum absolute atomic E-state index is 0.570. The van der Waals surface area contributed by atoms with Crippen molar-refractivity contribution in [1.29, 1.82) is 0 Å². The Morgan fingerprint density at radius 3 is 2.79 bits per heavy atom. The van der Waals surface area contributed by atoms with Gasteiger partial charge >= 0.3 is 0 Å². The highest BCUT2D eigenvalue weighted by molar-refractivity contribution is 7.15. The maximum atomic E-state index is 5.51. The molecule has 1 aromatic heterocycles. The summed E-state index contributed by atoms with van der Waals surface area (Å²) in [7, 11) is 0. The molecule has 0 bridgehead atoms. The van der Waals surface area contributed by atoms with E-state index in [-0.39, 0.29) is 0 Å². The van der Waals surface area contributed by atoms with Crippen LogP contribution < -0.4 is 11.1 Å². The van der Waals surface area contributed by atoms with Crippen molar-refractivity contribution < 1.29 is 0 Å². The van der Waals surface area contributed by atoms with Gasteiger partial charge in [0.15, 0.2) is 0 Å². The number of piperazine rings is 1. The maximum absolute atomic E-state index is 5.51. The molecule has 2 rings (SSSR count). The maximum Gasteiger partial charge on any atom is 0.203 e. The van der Waals surface area contributed by atoms with Crippen LogP contribution in [0.5, 0.6) is 0 Å². The number of hydrogen-bond donors (Lipinski definition) is 2. The molecule has 1 aliphatic rings. The third kappa shape index (κ3) is 2.63. The zero-order chi connectivity index (χ0) is 9.80. The number of anilines is 1. The Bertz CT molecular complexity index is 281. The molecule has 0 unspecified atom stereocenters. The lowest BCUT2D eigenvalue weighted by molar-refractivity contribution is 0.243. The van der Waals surface area contributed by atoms with Gasteiger partial charge in [-0.05, 0) is 0 Å². The van der Waals surface area contributed by atoms with Crippen molar-refractivity contribution >= 4 is 16.5 Å². The quantitative estimate of drug-likeness (QED) is 0.713. The molecule has 1 saturated heterocycles. The Kier molecular flexibility index (Phi) is 3.28. The lowest BCUT2D eigenvalue weighted by Gasteiger charge is -2.26. The van der Waals surface area contributed by atoms with Crippen LogP contribution in [0.3, 0.4) is 0 Å². The third-order valence-electron chi connectivity index (χ3n) is 2.33. The van der Waals surface area contributed by atoms with Crippen molar-refractivity contribution in [2.75, 3.05) is 38.5 Å². The number of nitrogens with two attached hydrogens (primary N) is 1. The highest BCUT2D eigenvalue weighted by atomic mass is 32.1. The molecule has 6 heteroatoms. The Labute approximate surface area is 87.3 Å². The molecule has 0 spiro atoms. The van der Waals surface area contributed by atoms with E-state index in [0.29, 0.717) is 5.13 Å². The summed E-state index contributed by atoms with van der Waals surface area (Å²) in [6, 6.07) is 0. The highest BCUT2D eigenvalue weighted by Gasteiger charge is 2.10. The molecule has 1 aromatic rings. The normalized spacial score (nSPS) is 18.6. The van der Waals surface area contributed by atoms with Crippen LogP contribution in [-0.4, -0.2) is 47.8 Å². The van der Waals surface area contributed by atoms with E-state index in [1.54, 1.807) is 0 Å². The van der Waals surface area contributed by atoms with Crippen molar-refractivity contribution in [2.24, 2.45) is 0 Å². The molecule has 5 nitrogen and oxygen atoms in total. The van der Waals surface area contributed by atoms with E-state index >= 15 is 0 Å². The van der Waals surface area contributed by atoms with Gasteiger partial charge in [0, 0.05) is 39.1 Å². The van der Waals surface area contributed by atoms with Gasteiger partial charge in [-0.15, -0.1) is 10.2 Å². The first-order valence-corrected chi connectivity index (χ1v) is 5.67. The van der Waals surface area contributed by atoms with Crippen LogP contribution in [0.1, 0.15) is 5.01 Å². The molecule has 1 fully saturated rings. The lowest BCUT2D eigenvalue weighted by Crippen LogP contribution is -2.44. The van der Waals surface area contributed by atoms with Crippen LogP contribution in [0, 0.1) is 0 Å². The van der Waals surface area contributed by atoms with Crippen molar-refractivity contribution in [3.05, 3.63) is 5.01 Å². The van der Waals surface area contributed by atoms with E-state index in [4.69, 9.17) is 5.73 Å². The Morgan fingerprint density at radius 1 is 1.36 bits per heavy atom. The van der Waals surface area contributed by atoms with E-state index in [0.717, 1.165) is 44.2 Å². The summed E-state index contributed by atoms with van der Waals surface area (Å²) in [5.41, 5.74) is 5.51. The zero-order valence-electron chi connectivity index (χ0n) is 8.07. The highest BCUT2D eigenvalue weighted by Crippen LogP contribution is 2.11. The summed E-state index contributed by atoms with van der Waals surface area (Å²) in [6.45, 7) is 5.52. The van der Waals surface area contributed by atoms with Crippen LogP contribution in [-0.2, 0) is 6.42 Å². The topological polar surface area (TPSA) is 67.1 Å². The van der Waals surface area contributed by atoms with Crippen molar-refractivity contribution in [3.8, 4) is 0 Å². The van der Waals surface area contributed by atoms with Crippen LogP contribution in [0.15, 0.2) is 0 Å². The van der Waals surface area contributed by atoms with Crippen molar-refractivity contribution in [3.63, 3.8) is 0 Å². The smallest absolute Gasteiger partial charge is 0.203 e. The van der Waals surface area contributed by atoms with Crippen LogP contribution in [0.25, 0.3) is 0 Å². The molecule has 0 aromatic carbocycles. The first kappa shape index (κ1) is 9.82. The Balaban J connectivity index is 1.76. The van der Waals surface area contributed by atoms with Crippen molar-refractivity contribution in [2.45, 2.75) is 6.42 Å². The second-order valence-electron chi connectivity index (χ2n) is 3.38. The minimum Gasteiger partial charge on any atom is -0.374 e. The zero-order valence-corrected chi connectivity index (χ0v) is 8.89. The molecule has 0 aliphatic carbocycles. The summed E-state index contributed by atoms with van der Waals surface area (Å²) in [5, 5.41) is 12.7. The fraction of sp³-hybridized carbons (Fsp3) is 0.750. The number of nitrogens with one attached hydrogen (secondary N) is 1. The molecule has 3 N–H and O–H groups in total. The molecule has 0 saturated carbocycles. The number of nitrogens with zero attached hydrogens (tertiary/aromatic N) is 3. The molecule has 0 radical (unpaired) electrons. The van der Waals surface area contributed by atoms with Gasteiger partial charge in [-0.3, -0.25) is 0 Å². The van der Waals surface area contributed by atoms with Gasteiger partial charge < -0.3 is 16.0 Å². The summed E-state index contributed by atoms with van der Waals surface area (Å²) in [6.07, 6.45) is 0.967. The van der Waals surface area contributed by atoms with Crippen LogP contribution in [0.4, 0.5) is 5.13 Å². The second-order valence-corrected chi connectivity index (χ2v) is 4.47. The van der Waals surface area contributed by atoms with Gasteiger partial charge in [0.05, 0.1) is 0 Å². The largest absolute Gasteiger partial charge is 0.374 e. The fourth-order valence-electron chi connectivity index (χ4n) is 1.56. The average Bonchev–Trinajstić information content (AvgIpc) is 2.63. The lowest BCUT2D eigenvalue weighted by atomic mass is 10.3. The predicted molar refractivity (Wildman–Crippen MR) is 57.3 cm³/mol. The van der Waals surface area contributed by atoms with Gasteiger partial charge in [0.2, 0.25) is 5.13 Å². The Morgan fingerprint density at radius 2 is 2.14 bits per heavy atom. The fourth-order valence-corrected chi connectivity index (χ4v) is 2.15. The molecular formula is C8H15N5S. The summed E-state index contributed by atoms with van der Waals surface area (Å²) in [5.74, 6) is 0. The monoisotopic (exact) mass is 213 g/mol. The second kappa shape index (κ2) is 4.68. The number of aromatic nitrogens is 2. The summed E-state index contributed by atoms with van der Waals surface area (Å²) < 4.78 is 0. The van der Waals surface area contributed by atoms with Gasteiger partial charge in [0.1, 0.15) is 5.01 Å². The van der Waals surface area contributed by atoms with Crippen molar-refractivity contribution in [1.82, 2.24) is 20.4 Å². The molecule has 2 heterocycles. The van der Waals surface area contributed by atoms with E-state index in [1.807, 2.05) is 0 Å². The molecule has 78 valence electrons. The summed E-state index contributed by atoms with van der Waals surface area (Å²) >= 11 is 1.49. The van der Waals surface area contributed by atoms with E-state index < -0.39 is 0 Å². The first-order valence-electron chi connectivity index (χ1n) is 4.85. The predicted octanol–water partition coefficient (Wildman–Crippen LogP) is -0.432.